The van der Waals surface area contributed by atoms with Crippen molar-refractivity contribution in [2.45, 2.75) is 13.8 Å². The molecule has 0 saturated heterocycles. The second-order valence-electron chi connectivity index (χ2n) is 4.44. The highest BCUT2D eigenvalue weighted by molar-refractivity contribution is 9.10. The molecule has 1 aromatic heterocycles. The number of halogens is 1. The summed E-state index contributed by atoms with van der Waals surface area (Å²) in [5.74, 6) is -0.764. The SMILES string of the molecule is Cc1ccc(C(=O)NNC(=O)c2cc(Br)c[nH]2)cc1C. The van der Waals surface area contributed by atoms with Gasteiger partial charge in [0.1, 0.15) is 5.69 Å². The lowest BCUT2D eigenvalue weighted by atomic mass is 10.1. The first-order chi connectivity index (χ1) is 9.47. The zero-order chi connectivity index (χ0) is 14.7. The molecule has 0 aliphatic carbocycles. The van der Waals surface area contributed by atoms with Crippen molar-refractivity contribution in [1.82, 2.24) is 15.8 Å². The van der Waals surface area contributed by atoms with E-state index >= 15 is 0 Å². The number of aromatic amines is 1. The number of H-pyrrole nitrogens is 1. The molecular formula is C14H14BrN3O2. The Hall–Kier alpha value is -2.08. The summed E-state index contributed by atoms with van der Waals surface area (Å²) in [6, 6.07) is 6.99. The van der Waals surface area contributed by atoms with E-state index in [-0.39, 0.29) is 5.91 Å². The maximum atomic E-state index is 11.9. The molecule has 0 fully saturated rings. The first kappa shape index (κ1) is 14.3. The minimum absolute atomic E-state index is 0.355. The molecule has 0 unspecified atom stereocenters. The first-order valence-electron chi connectivity index (χ1n) is 5.99. The van der Waals surface area contributed by atoms with Gasteiger partial charge in [0.15, 0.2) is 0 Å². The van der Waals surface area contributed by atoms with Gasteiger partial charge in [0, 0.05) is 16.2 Å². The summed E-state index contributed by atoms with van der Waals surface area (Å²) < 4.78 is 0.767. The van der Waals surface area contributed by atoms with Crippen molar-refractivity contribution in [3.63, 3.8) is 0 Å². The van der Waals surface area contributed by atoms with Crippen LogP contribution in [0.1, 0.15) is 32.0 Å². The molecule has 0 spiro atoms. The lowest BCUT2D eigenvalue weighted by molar-refractivity contribution is 0.0844. The van der Waals surface area contributed by atoms with E-state index in [0.717, 1.165) is 15.6 Å². The lowest BCUT2D eigenvalue weighted by Gasteiger charge is -2.08. The van der Waals surface area contributed by atoms with E-state index in [0.29, 0.717) is 11.3 Å². The van der Waals surface area contributed by atoms with E-state index < -0.39 is 5.91 Å². The molecule has 104 valence electrons. The minimum atomic E-state index is -0.409. The summed E-state index contributed by atoms with van der Waals surface area (Å²) in [6.45, 7) is 3.91. The second-order valence-corrected chi connectivity index (χ2v) is 5.35. The summed E-state index contributed by atoms with van der Waals surface area (Å²) in [5.41, 5.74) is 7.73. The number of aryl methyl sites for hydroxylation is 2. The van der Waals surface area contributed by atoms with Gasteiger partial charge in [-0.05, 0) is 59.1 Å². The van der Waals surface area contributed by atoms with E-state index in [9.17, 15) is 9.59 Å². The normalized spacial score (nSPS) is 10.2. The fraction of sp³-hybridized carbons (Fsp3) is 0.143. The third kappa shape index (κ3) is 3.27. The van der Waals surface area contributed by atoms with Crippen LogP contribution in [0.15, 0.2) is 34.9 Å². The van der Waals surface area contributed by atoms with Crippen molar-refractivity contribution < 1.29 is 9.59 Å². The number of carbonyl (C=O) groups excluding carboxylic acids is 2. The quantitative estimate of drug-likeness (QED) is 0.737. The maximum absolute atomic E-state index is 11.9. The average Bonchev–Trinajstić information content (AvgIpc) is 2.85. The average molecular weight is 336 g/mol. The number of amides is 2. The van der Waals surface area contributed by atoms with Gasteiger partial charge in [-0.25, -0.2) is 0 Å². The van der Waals surface area contributed by atoms with Gasteiger partial charge in [-0.2, -0.15) is 0 Å². The van der Waals surface area contributed by atoms with E-state index in [4.69, 9.17) is 0 Å². The number of nitrogens with one attached hydrogen (secondary N) is 3. The zero-order valence-corrected chi connectivity index (χ0v) is 12.7. The minimum Gasteiger partial charge on any atom is -0.356 e. The topological polar surface area (TPSA) is 74.0 Å². The Morgan fingerprint density at radius 2 is 1.75 bits per heavy atom. The van der Waals surface area contributed by atoms with Crippen molar-refractivity contribution in [3.05, 3.63) is 57.3 Å². The number of aromatic nitrogens is 1. The molecule has 6 heteroatoms. The smallest absolute Gasteiger partial charge is 0.286 e. The monoisotopic (exact) mass is 335 g/mol. The van der Waals surface area contributed by atoms with Crippen LogP contribution < -0.4 is 10.9 Å². The Labute approximate surface area is 124 Å². The van der Waals surface area contributed by atoms with Crippen LogP contribution in [0.3, 0.4) is 0 Å². The summed E-state index contributed by atoms with van der Waals surface area (Å²) >= 11 is 3.23. The van der Waals surface area contributed by atoms with Crippen molar-refractivity contribution in [2.75, 3.05) is 0 Å². The van der Waals surface area contributed by atoms with Crippen LogP contribution >= 0.6 is 15.9 Å². The first-order valence-corrected chi connectivity index (χ1v) is 6.78. The largest absolute Gasteiger partial charge is 0.356 e. The Morgan fingerprint density at radius 1 is 1.05 bits per heavy atom. The van der Waals surface area contributed by atoms with Gasteiger partial charge < -0.3 is 4.98 Å². The number of hydrazine groups is 1. The van der Waals surface area contributed by atoms with E-state index in [1.54, 1.807) is 24.4 Å². The van der Waals surface area contributed by atoms with Gasteiger partial charge in [0.25, 0.3) is 11.8 Å². The molecule has 0 saturated carbocycles. The summed E-state index contributed by atoms with van der Waals surface area (Å²) in [7, 11) is 0. The number of hydrogen-bond donors (Lipinski definition) is 3. The number of hydrogen-bond acceptors (Lipinski definition) is 2. The molecule has 20 heavy (non-hydrogen) atoms. The molecule has 1 aromatic carbocycles. The molecule has 5 nitrogen and oxygen atoms in total. The molecule has 0 atom stereocenters. The second kappa shape index (κ2) is 5.92. The van der Waals surface area contributed by atoms with Gasteiger partial charge in [-0.15, -0.1) is 0 Å². The summed E-state index contributed by atoms with van der Waals surface area (Å²) in [5, 5.41) is 0. The Kier molecular flexibility index (Phi) is 4.24. The molecular weight excluding hydrogens is 322 g/mol. The summed E-state index contributed by atoms with van der Waals surface area (Å²) in [6.07, 6.45) is 1.64. The lowest BCUT2D eigenvalue weighted by Crippen LogP contribution is -2.41. The maximum Gasteiger partial charge on any atom is 0.286 e. The van der Waals surface area contributed by atoms with Crippen LogP contribution in [0.4, 0.5) is 0 Å². The van der Waals surface area contributed by atoms with E-state index in [1.807, 2.05) is 19.9 Å². The van der Waals surface area contributed by atoms with Gasteiger partial charge in [-0.1, -0.05) is 6.07 Å². The van der Waals surface area contributed by atoms with Crippen LogP contribution in [-0.4, -0.2) is 16.8 Å². The Morgan fingerprint density at radius 3 is 2.35 bits per heavy atom. The highest BCUT2D eigenvalue weighted by Crippen LogP contribution is 2.11. The van der Waals surface area contributed by atoms with Crippen LogP contribution in [-0.2, 0) is 0 Å². The molecule has 0 aliphatic rings. The Balaban J connectivity index is 1.98. The predicted octanol–water partition coefficient (Wildman–Crippen LogP) is 2.47. The Bertz CT molecular complexity index is 664. The predicted molar refractivity (Wildman–Crippen MR) is 79.3 cm³/mol. The fourth-order valence-corrected chi connectivity index (χ4v) is 1.98. The molecule has 2 rings (SSSR count). The molecule has 2 aromatic rings. The van der Waals surface area contributed by atoms with Gasteiger partial charge in [0.05, 0.1) is 0 Å². The van der Waals surface area contributed by atoms with Crippen LogP contribution in [0.25, 0.3) is 0 Å². The van der Waals surface area contributed by atoms with Gasteiger partial charge in [0.2, 0.25) is 0 Å². The summed E-state index contributed by atoms with van der Waals surface area (Å²) in [4.78, 5) is 26.4. The third-order valence-corrected chi connectivity index (χ3v) is 3.41. The number of rotatable bonds is 2. The van der Waals surface area contributed by atoms with Gasteiger partial charge in [-0.3, -0.25) is 20.4 Å². The molecule has 0 radical (unpaired) electrons. The third-order valence-electron chi connectivity index (χ3n) is 2.95. The molecule has 2 amide bonds. The highest BCUT2D eigenvalue weighted by Gasteiger charge is 2.10. The molecule has 0 aliphatic heterocycles. The molecule has 1 heterocycles. The van der Waals surface area contributed by atoms with Crippen molar-refractivity contribution in [3.8, 4) is 0 Å². The van der Waals surface area contributed by atoms with Crippen molar-refractivity contribution >= 4 is 27.7 Å². The van der Waals surface area contributed by atoms with Crippen LogP contribution in [0.2, 0.25) is 0 Å². The van der Waals surface area contributed by atoms with Gasteiger partial charge >= 0.3 is 0 Å². The molecule has 3 N–H and O–H groups in total. The highest BCUT2D eigenvalue weighted by atomic mass is 79.9. The standard InChI is InChI=1S/C14H14BrN3O2/c1-8-3-4-10(5-9(8)2)13(19)17-18-14(20)12-6-11(15)7-16-12/h3-7,16H,1-2H3,(H,17,19)(H,18,20). The van der Waals surface area contributed by atoms with Crippen molar-refractivity contribution in [1.29, 1.82) is 0 Å². The molecule has 0 bridgehead atoms. The van der Waals surface area contributed by atoms with Crippen LogP contribution in [0.5, 0.6) is 0 Å². The number of benzene rings is 1. The van der Waals surface area contributed by atoms with Crippen LogP contribution in [0, 0.1) is 13.8 Å². The fourth-order valence-electron chi connectivity index (χ4n) is 1.63. The zero-order valence-electron chi connectivity index (χ0n) is 11.1. The van der Waals surface area contributed by atoms with E-state index in [2.05, 4.69) is 31.8 Å². The van der Waals surface area contributed by atoms with E-state index in [1.165, 1.54) is 0 Å². The number of carbonyl (C=O) groups is 2. The van der Waals surface area contributed by atoms with Crippen molar-refractivity contribution in [2.24, 2.45) is 0 Å².